The Bertz CT molecular complexity index is 956. The number of fused-ring (bicyclic) bond motifs is 2. The van der Waals surface area contributed by atoms with Crippen molar-refractivity contribution in [1.29, 1.82) is 0 Å². The first-order valence-electron chi connectivity index (χ1n) is 6.30. The van der Waals surface area contributed by atoms with Gasteiger partial charge < -0.3 is 10.7 Å². The predicted octanol–water partition coefficient (Wildman–Crippen LogP) is 2.27. The van der Waals surface area contributed by atoms with Crippen LogP contribution in [0.5, 0.6) is 0 Å². The molecule has 0 aliphatic heterocycles. The lowest BCUT2D eigenvalue weighted by Gasteiger charge is -1.99. The first kappa shape index (κ1) is 12.2. The number of imidazole rings is 1. The predicted molar refractivity (Wildman–Crippen MR) is 81.0 cm³/mol. The van der Waals surface area contributed by atoms with Gasteiger partial charge in [0.1, 0.15) is 5.03 Å². The zero-order chi connectivity index (χ0) is 14.4. The van der Waals surface area contributed by atoms with E-state index in [1.807, 2.05) is 19.1 Å². The number of anilines is 1. The zero-order valence-corrected chi connectivity index (χ0v) is 11.9. The lowest BCUT2D eigenvalue weighted by atomic mass is 10.2. The SMILES string of the molecule is Cc1ccc2nc(Sc3nc(N)nc4[nH]ncc34)[nH]c2c1. The molecule has 7 nitrogen and oxygen atoms in total. The highest BCUT2D eigenvalue weighted by Gasteiger charge is 2.12. The second-order valence-corrected chi connectivity index (χ2v) is 5.66. The van der Waals surface area contributed by atoms with Gasteiger partial charge in [-0.05, 0) is 36.4 Å². The largest absolute Gasteiger partial charge is 0.368 e. The van der Waals surface area contributed by atoms with E-state index in [2.05, 4.69) is 36.2 Å². The third-order valence-corrected chi connectivity index (χ3v) is 3.99. The average Bonchev–Trinajstić information content (AvgIpc) is 3.03. The van der Waals surface area contributed by atoms with Crippen LogP contribution in [0.25, 0.3) is 22.1 Å². The van der Waals surface area contributed by atoms with Gasteiger partial charge in [0.2, 0.25) is 5.95 Å². The van der Waals surface area contributed by atoms with E-state index in [0.717, 1.165) is 26.6 Å². The van der Waals surface area contributed by atoms with Gasteiger partial charge in [0.25, 0.3) is 0 Å². The van der Waals surface area contributed by atoms with Gasteiger partial charge in [-0.15, -0.1) is 0 Å². The summed E-state index contributed by atoms with van der Waals surface area (Å²) in [6.07, 6.45) is 1.68. The van der Waals surface area contributed by atoms with Crippen LogP contribution in [0.4, 0.5) is 5.95 Å². The van der Waals surface area contributed by atoms with Crippen LogP contribution in [-0.2, 0) is 0 Å². The van der Waals surface area contributed by atoms with Crippen LogP contribution >= 0.6 is 11.8 Å². The van der Waals surface area contributed by atoms with E-state index in [1.54, 1.807) is 6.20 Å². The van der Waals surface area contributed by atoms with Crippen LogP contribution in [0, 0.1) is 6.92 Å². The standard InChI is InChI=1S/C13H11N7S/c1-6-2-3-8-9(4-6)17-13(16-8)21-11-7-5-15-20-10(7)18-12(14)19-11/h2-5H,1H3,(H,16,17)(H3,14,15,18,19,20). The fraction of sp³-hybridized carbons (Fsp3) is 0.0769. The number of benzene rings is 1. The molecule has 0 unspecified atom stereocenters. The Labute approximate surface area is 123 Å². The normalized spacial score (nSPS) is 11.5. The van der Waals surface area contributed by atoms with Gasteiger partial charge in [0.05, 0.1) is 22.6 Å². The summed E-state index contributed by atoms with van der Waals surface area (Å²) in [5.41, 5.74) is 9.45. The minimum absolute atomic E-state index is 0.209. The molecule has 3 aromatic heterocycles. The molecular formula is C13H11N7S. The number of nitrogens with zero attached hydrogens (tertiary/aromatic N) is 4. The van der Waals surface area contributed by atoms with E-state index in [-0.39, 0.29) is 5.95 Å². The summed E-state index contributed by atoms with van der Waals surface area (Å²) in [5.74, 6) is 0.209. The van der Waals surface area contributed by atoms with Gasteiger partial charge >= 0.3 is 0 Å². The fourth-order valence-electron chi connectivity index (χ4n) is 2.14. The molecule has 0 amide bonds. The topological polar surface area (TPSA) is 109 Å². The molecule has 104 valence electrons. The van der Waals surface area contributed by atoms with Crippen molar-refractivity contribution >= 4 is 39.8 Å². The Balaban J connectivity index is 1.80. The summed E-state index contributed by atoms with van der Waals surface area (Å²) in [5, 5.41) is 9.08. The number of H-pyrrole nitrogens is 2. The maximum atomic E-state index is 5.72. The van der Waals surface area contributed by atoms with E-state index >= 15 is 0 Å². The molecule has 3 heterocycles. The van der Waals surface area contributed by atoms with Gasteiger partial charge in [-0.25, -0.2) is 9.97 Å². The number of hydrogen-bond acceptors (Lipinski definition) is 6. The van der Waals surface area contributed by atoms with Crippen molar-refractivity contribution in [3.63, 3.8) is 0 Å². The van der Waals surface area contributed by atoms with Gasteiger partial charge in [0.15, 0.2) is 10.8 Å². The molecule has 0 aliphatic carbocycles. The van der Waals surface area contributed by atoms with Gasteiger partial charge in [0, 0.05) is 0 Å². The van der Waals surface area contributed by atoms with Gasteiger partial charge in [-0.2, -0.15) is 10.1 Å². The molecule has 0 aliphatic rings. The molecule has 0 atom stereocenters. The van der Waals surface area contributed by atoms with E-state index < -0.39 is 0 Å². The summed E-state index contributed by atoms with van der Waals surface area (Å²) in [4.78, 5) is 16.2. The van der Waals surface area contributed by atoms with Crippen LogP contribution in [0.3, 0.4) is 0 Å². The second-order valence-electron chi connectivity index (χ2n) is 4.68. The molecule has 0 radical (unpaired) electrons. The van der Waals surface area contributed by atoms with Crippen molar-refractivity contribution in [2.24, 2.45) is 0 Å². The van der Waals surface area contributed by atoms with Crippen molar-refractivity contribution in [2.75, 3.05) is 5.73 Å². The van der Waals surface area contributed by atoms with Crippen LogP contribution in [0.1, 0.15) is 5.56 Å². The number of aromatic nitrogens is 6. The Morgan fingerprint density at radius 2 is 2.10 bits per heavy atom. The maximum Gasteiger partial charge on any atom is 0.223 e. The number of hydrogen-bond donors (Lipinski definition) is 3. The van der Waals surface area contributed by atoms with Crippen LogP contribution in [0.15, 0.2) is 34.6 Å². The van der Waals surface area contributed by atoms with Crippen molar-refractivity contribution < 1.29 is 0 Å². The van der Waals surface area contributed by atoms with Gasteiger partial charge in [-0.1, -0.05) is 6.07 Å². The number of nitrogens with two attached hydrogens (primary N) is 1. The molecule has 4 aromatic rings. The Kier molecular flexibility index (Phi) is 2.58. The second kappa shape index (κ2) is 4.45. The Morgan fingerprint density at radius 3 is 3.00 bits per heavy atom. The average molecular weight is 297 g/mol. The van der Waals surface area contributed by atoms with Gasteiger partial charge in [-0.3, -0.25) is 5.10 Å². The first-order chi connectivity index (χ1) is 10.2. The third-order valence-electron chi connectivity index (χ3n) is 3.10. The summed E-state index contributed by atoms with van der Waals surface area (Å²) in [6.45, 7) is 2.05. The third kappa shape index (κ3) is 2.09. The van der Waals surface area contributed by atoms with Crippen molar-refractivity contribution in [2.45, 2.75) is 17.1 Å². The lowest BCUT2D eigenvalue weighted by molar-refractivity contribution is 1.05. The smallest absolute Gasteiger partial charge is 0.223 e. The Hall–Kier alpha value is -2.61. The number of nitrogens with one attached hydrogen (secondary N) is 2. The number of aryl methyl sites for hydroxylation is 1. The molecule has 8 heteroatoms. The summed E-state index contributed by atoms with van der Waals surface area (Å²) in [6, 6.07) is 6.09. The van der Waals surface area contributed by atoms with Crippen LogP contribution in [-0.4, -0.2) is 30.1 Å². The lowest BCUT2D eigenvalue weighted by Crippen LogP contribution is -1.96. The molecule has 4 N–H and O–H groups in total. The monoisotopic (exact) mass is 297 g/mol. The molecule has 1 aromatic carbocycles. The molecule has 0 fully saturated rings. The Morgan fingerprint density at radius 1 is 1.19 bits per heavy atom. The van der Waals surface area contributed by atoms with Crippen molar-refractivity contribution in [1.82, 2.24) is 30.1 Å². The van der Waals surface area contributed by atoms with Crippen LogP contribution < -0.4 is 5.73 Å². The first-order valence-corrected chi connectivity index (χ1v) is 7.11. The van der Waals surface area contributed by atoms with E-state index in [0.29, 0.717) is 5.65 Å². The summed E-state index contributed by atoms with van der Waals surface area (Å²) < 4.78 is 0. The molecule has 0 bridgehead atoms. The summed E-state index contributed by atoms with van der Waals surface area (Å²) in [7, 11) is 0. The van der Waals surface area contributed by atoms with E-state index in [4.69, 9.17) is 5.73 Å². The number of aromatic amines is 2. The minimum atomic E-state index is 0.209. The maximum absolute atomic E-state index is 5.72. The van der Waals surface area contributed by atoms with Crippen molar-refractivity contribution in [3.8, 4) is 0 Å². The highest BCUT2D eigenvalue weighted by Crippen LogP contribution is 2.30. The minimum Gasteiger partial charge on any atom is -0.368 e. The highest BCUT2D eigenvalue weighted by atomic mass is 32.2. The number of nitrogen functional groups attached to an aromatic ring is 1. The molecule has 0 saturated heterocycles. The zero-order valence-electron chi connectivity index (χ0n) is 11.1. The van der Waals surface area contributed by atoms with E-state index in [9.17, 15) is 0 Å². The molecule has 4 rings (SSSR count). The van der Waals surface area contributed by atoms with Crippen LogP contribution in [0.2, 0.25) is 0 Å². The summed E-state index contributed by atoms with van der Waals surface area (Å²) >= 11 is 1.41. The quantitative estimate of drug-likeness (QED) is 0.490. The van der Waals surface area contributed by atoms with Crippen molar-refractivity contribution in [3.05, 3.63) is 30.0 Å². The molecule has 0 saturated carbocycles. The molecular weight excluding hydrogens is 286 g/mol. The molecule has 0 spiro atoms. The number of rotatable bonds is 2. The highest BCUT2D eigenvalue weighted by molar-refractivity contribution is 7.99. The molecule has 21 heavy (non-hydrogen) atoms. The van der Waals surface area contributed by atoms with E-state index in [1.165, 1.54) is 17.3 Å². The fourth-order valence-corrected chi connectivity index (χ4v) is 3.03.